The molecule has 0 saturated carbocycles. The number of hydrogen-bond donors (Lipinski definition) is 2. The van der Waals surface area contributed by atoms with Crippen LogP contribution in [0, 0.1) is 0 Å². The van der Waals surface area contributed by atoms with E-state index < -0.39 is 10.0 Å². The van der Waals surface area contributed by atoms with Crippen LogP contribution in [0.2, 0.25) is 0 Å². The second-order valence-electron chi connectivity index (χ2n) is 4.48. The molecule has 0 saturated heterocycles. The van der Waals surface area contributed by atoms with Gasteiger partial charge in [-0.15, -0.1) is 11.3 Å². The number of hydrogen-bond acceptors (Lipinski definition) is 5. The smallest absolute Gasteiger partial charge is 0.244 e. The Morgan fingerprint density at radius 3 is 2.71 bits per heavy atom. The fourth-order valence-corrected chi connectivity index (χ4v) is 4.36. The van der Waals surface area contributed by atoms with Gasteiger partial charge in [-0.05, 0) is 36.9 Å². The van der Waals surface area contributed by atoms with Crippen molar-refractivity contribution in [3.05, 3.63) is 40.7 Å². The van der Waals surface area contributed by atoms with Gasteiger partial charge in [0, 0.05) is 17.6 Å². The largest absolute Gasteiger partial charge is 0.369 e. The van der Waals surface area contributed by atoms with Gasteiger partial charge < -0.3 is 5.32 Å². The minimum Gasteiger partial charge on any atom is -0.369 e. The molecule has 114 valence electrons. The number of nitrogens with one attached hydrogen (secondary N) is 2. The van der Waals surface area contributed by atoms with Crippen molar-refractivity contribution in [3.8, 4) is 0 Å². The van der Waals surface area contributed by atoms with Gasteiger partial charge in [-0.25, -0.2) is 18.1 Å². The molecule has 7 heteroatoms. The molecule has 1 unspecified atom stereocenters. The molecule has 2 heterocycles. The summed E-state index contributed by atoms with van der Waals surface area (Å²) >= 11 is 1.55. The van der Waals surface area contributed by atoms with Crippen LogP contribution in [0.25, 0.3) is 0 Å². The third kappa shape index (κ3) is 3.81. The molecule has 0 amide bonds. The molecule has 0 aromatic carbocycles. The first kappa shape index (κ1) is 15.9. The van der Waals surface area contributed by atoms with Crippen LogP contribution >= 0.6 is 11.3 Å². The fraction of sp³-hybridized carbons (Fsp3) is 0.357. The van der Waals surface area contributed by atoms with Crippen molar-refractivity contribution >= 4 is 27.2 Å². The first-order chi connectivity index (χ1) is 10.1. The Kier molecular flexibility index (Phi) is 5.33. The van der Waals surface area contributed by atoms with Gasteiger partial charge in [0.15, 0.2) is 0 Å². The number of anilines is 1. The van der Waals surface area contributed by atoms with Crippen LogP contribution in [-0.2, 0) is 10.0 Å². The van der Waals surface area contributed by atoms with Crippen molar-refractivity contribution in [2.24, 2.45) is 0 Å². The first-order valence-corrected chi connectivity index (χ1v) is 9.19. The lowest BCUT2D eigenvalue weighted by Gasteiger charge is -2.17. The number of nitrogens with zero attached hydrogens (tertiary/aromatic N) is 1. The predicted molar refractivity (Wildman–Crippen MR) is 86.1 cm³/mol. The Morgan fingerprint density at radius 2 is 2.10 bits per heavy atom. The van der Waals surface area contributed by atoms with Crippen LogP contribution in [0.4, 0.5) is 5.82 Å². The molecule has 0 bridgehead atoms. The monoisotopic (exact) mass is 325 g/mol. The van der Waals surface area contributed by atoms with Gasteiger partial charge in [0.05, 0.1) is 6.04 Å². The van der Waals surface area contributed by atoms with Crippen LogP contribution in [0.5, 0.6) is 0 Å². The molecule has 0 aliphatic heterocycles. The summed E-state index contributed by atoms with van der Waals surface area (Å²) in [5.41, 5.74) is 0. The molecule has 0 fully saturated rings. The third-order valence-corrected chi connectivity index (χ3v) is 5.49. The van der Waals surface area contributed by atoms with Crippen LogP contribution < -0.4 is 10.0 Å². The summed E-state index contributed by atoms with van der Waals surface area (Å²) in [5.74, 6) is 0.383. The molecule has 0 radical (unpaired) electrons. The first-order valence-electron chi connectivity index (χ1n) is 6.83. The van der Waals surface area contributed by atoms with Gasteiger partial charge in [0.2, 0.25) is 10.0 Å². The van der Waals surface area contributed by atoms with Crippen molar-refractivity contribution in [2.75, 3.05) is 11.9 Å². The maximum absolute atomic E-state index is 12.6. The van der Waals surface area contributed by atoms with Crippen molar-refractivity contribution in [1.29, 1.82) is 0 Å². The second-order valence-corrected chi connectivity index (χ2v) is 7.14. The van der Waals surface area contributed by atoms with E-state index in [1.165, 1.54) is 0 Å². The number of sulfonamides is 1. The van der Waals surface area contributed by atoms with Crippen LogP contribution in [0.15, 0.2) is 40.7 Å². The minimum absolute atomic E-state index is 0.182. The quantitative estimate of drug-likeness (QED) is 0.821. The molecule has 2 rings (SSSR count). The summed E-state index contributed by atoms with van der Waals surface area (Å²) in [5, 5.41) is 4.93. The van der Waals surface area contributed by atoms with Gasteiger partial charge in [0.1, 0.15) is 10.7 Å². The molecular formula is C14H19N3O2S2. The number of thiophene rings is 1. The van der Waals surface area contributed by atoms with Gasteiger partial charge >= 0.3 is 0 Å². The average molecular weight is 325 g/mol. The molecule has 5 nitrogen and oxygen atoms in total. The zero-order valence-corrected chi connectivity index (χ0v) is 13.7. The van der Waals surface area contributed by atoms with E-state index >= 15 is 0 Å². The van der Waals surface area contributed by atoms with Gasteiger partial charge in [-0.2, -0.15) is 0 Å². The van der Waals surface area contributed by atoms with E-state index in [0.717, 1.165) is 4.88 Å². The van der Waals surface area contributed by atoms with E-state index in [4.69, 9.17) is 0 Å². The van der Waals surface area contributed by atoms with Crippen molar-refractivity contribution in [1.82, 2.24) is 9.71 Å². The molecule has 0 aliphatic carbocycles. The second kappa shape index (κ2) is 7.02. The van der Waals surface area contributed by atoms with Crippen molar-refractivity contribution < 1.29 is 8.42 Å². The summed E-state index contributed by atoms with van der Waals surface area (Å²) in [6, 6.07) is 6.83. The molecule has 2 N–H and O–H groups in total. The lowest BCUT2D eigenvalue weighted by Crippen LogP contribution is -2.28. The molecule has 2 aromatic heterocycles. The Hall–Kier alpha value is -1.44. The summed E-state index contributed by atoms with van der Waals surface area (Å²) in [4.78, 5) is 5.29. The average Bonchev–Trinajstić information content (AvgIpc) is 3.00. The van der Waals surface area contributed by atoms with Crippen molar-refractivity contribution in [3.63, 3.8) is 0 Å². The van der Waals surface area contributed by atoms with E-state index in [0.29, 0.717) is 18.8 Å². The number of rotatable bonds is 7. The van der Waals surface area contributed by atoms with E-state index in [9.17, 15) is 8.42 Å². The van der Waals surface area contributed by atoms with E-state index in [-0.39, 0.29) is 10.9 Å². The summed E-state index contributed by atoms with van der Waals surface area (Å²) in [6.07, 6.45) is 2.27. The highest BCUT2D eigenvalue weighted by atomic mass is 32.2. The molecular weight excluding hydrogens is 306 g/mol. The highest BCUT2D eigenvalue weighted by Crippen LogP contribution is 2.25. The van der Waals surface area contributed by atoms with E-state index in [1.807, 2.05) is 31.4 Å². The van der Waals surface area contributed by atoms with Gasteiger partial charge in [-0.3, -0.25) is 0 Å². The third-order valence-electron chi connectivity index (χ3n) is 3.00. The Labute approximate surface area is 129 Å². The normalized spacial score (nSPS) is 13.0. The Balaban J connectivity index is 2.30. The minimum atomic E-state index is -3.62. The predicted octanol–water partition coefficient (Wildman–Crippen LogP) is 3.00. The summed E-state index contributed by atoms with van der Waals surface area (Å²) < 4.78 is 28.0. The maximum Gasteiger partial charge on any atom is 0.244 e. The number of pyridine rings is 1. The zero-order chi connectivity index (χ0) is 15.3. The van der Waals surface area contributed by atoms with Crippen LogP contribution in [0.1, 0.15) is 31.2 Å². The molecule has 0 aliphatic rings. The van der Waals surface area contributed by atoms with Gasteiger partial charge in [0.25, 0.3) is 0 Å². The lowest BCUT2D eigenvalue weighted by atomic mass is 10.2. The topological polar surface area (TPSA) is 71.1 Å². The molecule has 21 heavy (non-hydrogen) atoms. The van der Waals surface area contributed by atoms with Crippen LogP contribution in [-0.4, -0.2) is 19.9 Å². The molecule has 1 atom stereocenters. The van der Waals surface area contributed by atoms with Crippen molar-refractivity contribution in [2.45, 2.75) is 31.2 Å². The Bertz CT molecular complexity index is 669. The maximum atomic E-state index is 12.6. The standard InChI is InChI=1S/C14H19N3O2S2/c1-3-11(12-7-6-10-20-12)17-21(18,19)13-8-5-9-16-14(13)15-4-2/h5-11,17H,3-4H2,1-2H3,(H,15,16). The zero-order valence-electron chi connectivity index (χ0n) is 12.0. The molecule has 0 spiro atoms. The van der Waals surface area contributed by atoms with Gasteiger partial charge in [-0.1, -0.05) is 13.0 Å². The lowest BCUT2D eigenvalue weighted by molar-refractivity contribution is 0.553. The summed E-state index contributed by atoms with van der Waals surface area (Å²) in [6.45, 7) is 4.47. The van der Waals surface area contributed by atoms with E-state index in [2.05, 4.69) is 15.0 Å². The Morgan fingerprint density at radius 1 is 1.29 bits per heavy atom. The fourth-order valence-electron chi connectivity index (χ4n) is 1.99. The highest BCUT2D eigenvalue weighted by molar-refractivity contribution is 7.89. The highest BCUT2D eigenvalue weighted by Gasteiger charge is 2.23. The number of aromatic nitrogens is 1. The van der Waals surface area contributed by atoms with E-state index in [1.54, 1.807) is 29.7 Å². The summed E-state index contributed by atoms with van der Waals surface area (Å²) in [7, 11) is -3.62. The van der Waals surface area contributed by atoms with Crippen LogP contribution in [0.3, 0.4) is 0 Å². The SMILES string of the molecule is CCNc1ncccc1S(=O)(=O)NC(CC)c1cccs1. The molecule has 2 aromatic rings.